The van der Waals surface area contributed by atoms with Crippen molar-refractivity contribution in [3.63, 3.8) is 0 Å². The fourth-order valence-electron chi connectivity index (χ4n) is 2.32. The third-order valence-corrected chi connectivity index (χ3v) is 3.45. The average Bonchev–Trinajstić information content (AvgIpc) is 2.87. The van der Waals surface area contributed by atoms with Crippen LogP contribution in [0, 0.1) is 6.92 Å². The van der Waals surface area contributed by atoms with Gasteiger partial charge in [-0.15, -0.1) is 0 Å². The third kappa shape index (κ3) is 3.78. The molecule has 1 N–H and O–H groups in total. The van der Waals surface area contributed by atoms with Crippen molar-refractivity contribution in [2.24, 2.45) is 0 Å². The van der Waals surface area contributed by atoms with Gasteiger partial charge in [-0.05, 0) is 50.5 Å². The molecule has 1 heterocycles. The molecular formula is C17H24N2O2. The van der Waals surface area contributed by atoms with E-state index in [-0.39, 0.29) is 6.09 Å². The van der Waals surface area contributed by atoms with Gasteiger partial charge in [-0.3, -0.25) is 0 Å². The van der Waals surface area contributed by atoms with E-state index in [1.807, 2.05) is 27.8 Å². The summed E-state index contributed by atoms with van der Waals surface area (Å²) in [7, 11) is 1.92. The van der Waals surface area contributed by atoms with Crippen LogP contribution in [0.3, 0.4) is 0 Å². The summed E-state index contributed by atoms with van der Waals surface area (Å²) >= 11 is 0. The van der Waals surface area contributed by atoms with Crippen LogP contribution in [0.1, 0.15) is 31.9 Å². The van der Waals surface area contributed by atoms with E-state index in [1.54, 1.807) is 4.90 Å². The van der Waals surface area contributed by atoms with E-state index in [4.69, 9.17) is 4.74 Å². The van der Waals surface area contributed by atoms with Crippen molar-refractivity contribution >= 4 is 17.4 Å². The molecule has 4 heteroatoms. The zero-order valence-corrected chi connectivity index (χ0v) is 13.5. The first-order valence-electron chi connectivity index (χ1n) is 7.26. The second kappa shape index (κ2) is 5.80. The van der Waals surface area contributed by atoms with Gasteiger partial charge >= 0.3 is 6.09 Å². The van der Waals surface area contributed by atoms with Gasteiger partial charge < -0.3 is 15.0 Å². The summed E-state index contributed by atoms with van der Waals surface area (Å²) in [6, 6.07) is 6.32. The quantitative estimate of drug-likeness (QED) is 0.902. The summed E-state index contributed by atoms with van der Waals surface area (Å²) in [6.07, 6.45) is 1.84. The number of ether oxygens (including phenoxy) is 1. The van der Waals surface area contributed by atoms with E-state index in [9.17, 15) is 4.79 Å². The number of rotatable bonds is 2. The first kappa shape index (κ1) is 15.4. The first-order chi connectivity index (χ1) is 9.80. The molecule has 0 bridgehead atoms. The smallest absolute Gasteiger partial charge is 0.410 e. The van der Waals surface area contributed by atoms with E-state index in [0.717, 1.165) is 16.8 Å². The molecule has 114 valence electrons. The summed E-state index contributed by atoms with van der Waals surface area (Å²) < 4.78 is 5.41. The maximum absolute atomic E-state index is 12.1. The molecule has 0 radical (unpaired) electrons. The molecule has 1 aromatic carbocycles. The predicted octanol–water partition coefficient (Wildman–Crippen LogP) is 3.67. The minimum absolute atomic E-state index is 0.255. The number of aryl methyl sites for hydroxylation is 1. The molecule has 0 saturated heterocycles. The zero-order chi connectivity index (χ0) is 15.6. The van der Waals surface area contributed by atoms with Crippen LogP contribution in [-0.2, 0) is 4.74 Å². The van der Waals surface area contributed by atoms with Crippen molar-refractivity contribution in [1.82, 2.24) is 4.90 Å². The van der Waals surface area contributed by atoms with Gasteiger partial charge in [-0.2, -0.15) is 0 Å². The van der Waals surface area contributed by atoms with Crippen molar-refractivity contribution < 1.29 is 9.53 Å². The Bertz CT molecular complexity index is 571. The van der Waals surface area contributed by atoms with Gasteiger partial charge in [0.1, 0.15) is 5.60 Å². The van der Waals surface area contributed by atoms with Crippen LogP contribution in [0.25, 0.3) is 5.57 Å². The normalized spacial score (nSPS) is 14.9. The molecule has 2 rings (SSSR count). The second-order valence-corrected chi connectivity index (χ2v) is 6.37. The molecule has 0 unspecified atom stereocenters. The van der Waals surface area contributed by atoms with E-state index in [0.29, 0.717) is 13.1 Å². The lowest BCUT2D eigenvalue weighted by atomic mass is 10.0. The molecule has 0 saturated carbocycles. The van der Waals surface area contributed by atoms with E-state index >= 15 is 0 Å². The summed E-state index contributed by atoms with van der Waals surface area (Å²) in [5, 5.41) is 3.19. The maximum atomic E-state index is 12.1. The highest BCUT2D eigenvalue weighted by atomic mass is 16.6. The summed E-state index contributed by atoms with van der Waals surface area (Å²) in [5.74, 6) is 0. The number of carbonyl (C=O) groups is 1. The molecule has 0 spiro atoms. The third-order valence-electron chi connectivity index (χ3n) is 3.45. The molecule has 21 heavy (non-hydrogen) atoms. The molecule has 1 aliphatic heterocycles. The Morgan fingerprint density at radius 2 is 2.05 bits per heavy atom. The Balaban J connectivity index is 2.07. The van der Waals surface area contributed by atoms with Gasteiger partial charge in [-0.25, -0.2) is 4.79 Å². The minimum atomic E-state index is -0.455. The van der Waals surface area contributed by atoms with Crippen LogP contribution >= 0.6 is 0 Å². The number of benzene rings is 1. The number of hydrogen-bond acceptors (Lipinski definition) is 3. The van der Waals surface area contributed by atoms with Gasteiger partial charge in [0, 0.05) is 25.8 Å². The van der Waals surface area contributed by atoms with Crippen molar-refractivity contribution in [2.45, 2.75) is 33.3 Å². The molecule has 0 aliphatic carbocycles. The van der Waals surface area contributed by atoms with Gasteiger partial charge in [0.25, 0.3) is 0 Å². The van der Waals surface area contributed by atoms with Crippen LogP contribution in [0.15, 0.2) is 24.3 Å². The molecule has 4 nitrogen and oxygen atoms in total. The Hall–Kier alpha value is -1.97. The van der Waals surface area contributed by atoms with Gasteiger partial charge in [0.05, 0.1) is 0 Å². The lowest BCUT2D eigenvalue weighted by Gasteiger charge is -2.24. The standard InChI is InChI=1S/C17H24N2O2/c1-12-6-7-13(10-15(12)18-5)14-8-9-19(11-14)16(20)21-17(2,3)4/h6-8,10,18H,9,11H2,1-5H3. The van der Waals surface area contributed by atoms with Gasteiger partial charge in [-0.1, -0.05) is 18.2 Å². The average molecular weight is 288 g/mol. The lowest BCUT2D eigenvalue weighted by Crippen LogP contribution is -2.35. The second-order valence-electron chi connectivity index (χ2n) is 6.37. The fourth-order valence-corrected chi connectivity index (χ4v) is 2.32. The largest absolute Gasteiger partial charge is 0.444 e. The van der Waals surface area contributed by atoms with E-state index in [1.165, 1.54) is 5.56 Å². The SMILES string of the molecule is CNc1cc(C2=CCN(C(=O)OC(C)(C)C)C2)ccc1C. The van der Waals surface area contributed by atoms with Gasteiger partial charge in [0.15, 0.2) is 0 Å². The summed E-state index contributed by atoms with van der Waals surface area (Å²) in [6.45, 7) is 8.93. The topological polar surface area (TPSA) is 41.6 Å². The highest BCUT2D eigenvalue weighted by Crippen LogP contribution is 2.26. The number of nitrogens with zero attached hydrogens (tertiary/aromatic N) is 1. The van der Waals surface area contributed by atoms with Crippen LogP contribution < -0.4 is 5.32 Å². The van der Waals surface area contributed by atoms with Crippen molar-refractivity contribution in [3.8, 4) is 0 Å². The number of hydrogen-bond donors (Lipinski definition) is 1. The van der Waals surface area contributed by atoms with Crippen LogP contribution in [-0.4, -0.2) is 36.7 Å². The Morgan fingerprint density at radius 1 is 1.33 bits per heavy atom. The van der Waals surface area contributed by atoms with Crippen molar-refractivity contribution in [1.29, 1.82) is 0 Å². The van der Waals surface area contributed by atoms with Crippen LogP contribution in [0.2, 0.25) is 0 Å². The number of carbonyl (C=O) groups excluding carboxylic acids is 1. The fraction of sp³-hybridized carbons (Fsp3) is 0.471. The highest BCUT2D eigenvalue weighted by molar-refractivity contribution is 5.78. The van der Waals surface area contributed by atoms with Crippen molar-refractivity contribution in [3.05, 3.63) is 35.4 Å². The Kier molecular flexibility index (Phi) is 4.26. The van der Waals surface area contributed by atoms with Crippen molar-refractivity contribution in [2.75, 3.05) is 25.5 Å². The number of amides is 1. The maximum Gasteiger partial charge on any atom is 0.410 e. The zero-order valence-electron chi connectivity index (χ0n) is 13.5. The molecular weight excluding hydrogens is 264 g/mol. The molecule has 1 aromatic rings. The monoisotopic (exact) mass is 288 g/mol. The molecule has 1 aliphatic rings. The Labute approximate surface area is 126 Å². The minimum Gasteiger partial charge on any atom is -0.444 e. The van der Waals surface area contributed by atoms with E-state index < -0.39 is 5.60 Å². The predicted molar refractivity (Wildman–Crippen MR) is 86.5 cm³/mol. The molecule has 0 fully saturated rings. The molecule has 0 atom stereocenters. The van der Waals surface area contributed by atoms with Gasteiger partial charge in [0.2, 0.25) is 0 Å². The number of anilines is 1. The van der Waals surface area contributed by atoms with Crippen LogP contribution in [0.5, 0.6) is 0 Å². The molecule has 0 aromatic heterocycles. The summed E-state index contributed by atoms with van der Waals surface area (Å²) in [4.78, 5) is 13.8. The summed E-state index contributed by atoms with van der Waals surface area (Å²) in [5.41, 5.74) is 4.18. The number of nitrogens with one attached hydrogen (secondary N) is 1. The highest BCUT2D eigenvalue weighted by Gasteiger charge is 2.25. The van der Waals surface area contributed by atoms with Crippen LogP contribution in [0.4, 0.5) is 10.5 Å². The molecule has 1 amide bonds. The lowest BCUT2D eigenvalue weighted by molar-refractivity contribution is 0.0306. The van der Waals surface area contributed by atoms with E-state index in [2.05, 4.69) is 36.5 Å². The first-order valence-corrected chi connectivity index (χ1v) is 7.26. The Morgan fingerprint density at radius 3 is 2.67 bits per heavy atom.